The Morgan fingerprint density at radius 3 is 2.14 bits per heavy atom. The summed E-state index contributed by atoms with van der Waals surface area (Å²) >= 11 is 0. The molecule has 0 radical (unpaired) electrons. The van der Waals surface area contributed by atoms with E-state index in [1.807, 2.05) is 24.8 Å². The summed E-state index contributed by atoms with van der Waals surface area (Å²) < 4.78 is 0. The molecular weight excluding hydrogens is 321 g/mol. The number of carbonyl (C=O) groups is 1. The Labute approximate surface area is 145 Å². The minimum Gasteiger partial charge on any atom is -0.340 e. The van der Waals surface area contributed by atoms with Crippen molar-refractivity contribution in [2.75, 3.05) is 26.2 Å². The Bertz CT molecular complexity index is 434. The summed E-state index contributed by atoms with van der Waals surface area (Å²) in [5.41, 5.74) is 7.14. The Kier molecular flexibility index (Phi) is 9.69. The van der Waals surface area contributed by atoms with Gasteiger partial charge in [0.15, 0.2) is 0 Å². The second-order valence-corrected chi connectivity index (χ2v) is 5.73. The Hall–Kier alpha value is -0.810. The highest BCUT2D eigenvalue weighted by Crippen LogP contribution is 2.12. The third kappa shape index (κ3) is 5.76. The van der Waals surface area contributed by atoms with Crippen molar-refractivity contribution in [3.05, 3.63) is 35.9 Å². The van der Waals surface area contributed by atoms with Gasteiger partial charge in [-0.25, -0.2) is 0 Å². The lowest BCUT2D eigenvalue weighted by Gasteiger charge is -2.36. The summed E-state index contributed by atoms with van der Waals surface area (Å²) in [6.07, 6.45) is 0. The maximum absolute atomic E-state index is 12.2. The second-order valence-electron chi connectivity index (χ2n) is 5.73. The third-order valence-electron chi connectivity index (χ3n) is 4.11. The molecule has 2 N–H and O–H groups in total. The average molecular weight is 348 g/mol. The van der Waals surface area contributed by atoms with Crippen LogP contribution in [0, 0.1) is 5.92 Å². The largest absolute Gasteiger partial charge is 0.340 e. The fraction of sp³-hybridized carbons (Fsp3) is 0.562. The fourth-order valence-electron chi connectivity index (χ4n) is 2.48. The van der Waals surface area contributed by atoms with Crippen molar-refractivity contribution in [1.29, 1.82) is 0 Å². The highest BCUT2D eigenvalue weighted by molar-refractivity contribution is 5.85. The summed E-state index contributed by atoms with van der Waals surface area (Å²) in [5, 5.41) is 0. The number of hydrogen-bond donors (Lipinski definition) is 1. The quantitative estimate of drug-likeness (QED) is 0.907. The Balaban J connectivity index is 0.00000220. The molecule has 2 rings (SSSR count). The lowest BCUT2D eigenvalue weighted by molar-refractivity contribution is -0.137. The first-order valence-electron chi connectivity index (χ1n) is 7.38. The zero-order chi connectivity index (χ0) is 14.5. The monoisotopic (exact) mass is 347 g/mol. The molecule has 126 valence electrons. The van der Waals surface area contributed by atoms with Crippen LogP contribution in [0.5, 0.6) is 0 Å². The predicted octanol–water partition coefficient (Wildman–Crippen LogP) is 2.16. The molecule has 2 atom stereocenters. The van der Waals surface area contributed by atoms with Gasteiger partial charge in [0.25, 0.3) is 0 Å². The van der Waals surface area contributed by atoms with Crippen LogP contribution < -0.4 is 5.73 Å². The van der Waals surface area contributed by atoms with E-state index >= 15 is 0 Å². The highest BCUT2D eigenvalue weighted by Gasteiger charge is 2.26. The summed E-state index contributed by atoms with van der Waals surface area (Å²) in [6, 6.07) is 10.4. The minimum absolute atomic E-state index is 0. The van der Waals surface area contributed by atoms with Crippen LogP contribution >= 0.6 is 24.8 Å². The van der Waals surface area contributed by atoms with Gasteiger partial charge in [0.2, 0.25) is 5.91 Å². The van der Waals surface area contributed by atoms with Gasteiger partial charge in [0.05, 0.1) is 5.92 Å². The highest BCUT2D eigenvalue weighted by atomic mass is 35.5. The van der Waals surface area contributed by atoms with Crippen molar-refractivity contribution in [3.8, 4) is 0 Å². The number of rotatable bonds is 4. The number of benzene rings is 1. The number of amides is 1. The molecule has 1 aromatic carbocycles. The van der Waals surface area contributed by atoms with Gasteiger partial charge in [0, 0.05) is 38.8 Å². The molecule has 1 saturated heterocycles. The number of halogens is 2. The van der Waals surface area contributed by atoms with Crippen LogP contribution in [0.25, 0.3) is 0 Å². The van der Waals surface area contributed by atoms with Gasteiger partial charge in [-0.3, -0.25) is 9.69 Å². The molecular formula is C16H27Cl2N3O. The average Bonchev–Trinajstić information content (AvgIpc) is 2.47. The van der Waals surface area contributed by atoms with Crippen molar-refractivity contribution in [3.63, 3.8) is 0 Å². The molecule has 0 spiro atoms. The van der Waals surface area contributed by atoms with E-state index in [0.717, 1.165) is 32.7 Å². The molecule has 0 saturated carbocycles. The van der Waals surface area contributed by atoms with Crippen LogP contribution in [0.4, 0.5) is 0 Å². The van der Waals surface area contributed by atoms with Crippen molar-refractivity contribution < 1.29 is 4.79 Å². The zero-order valence-electron chi connectivity index (χ0n) is 13.3. The van der Waals surface area contributed by atoms with Crippen molar-refractivity contribution >= 4 is 30.7 Å². The summed E-state index contributed by atoms with van der Waals surface area (Å²) in [7, 11) is 0. The van der Waals surface area contributed by atoms with Crippen LogP contribution in [0.3, 0.4) is 0 Å². The number of piperazine rings is 1. The second kappa shape index (κ2) is 10.1. The van der Waals surface area contributed by atoms with Gasteiger partial charge in [-0.15, -0.1) is 24.8 Å². The van der Waals surface area contributed by atoms with Gasteiger partial charge in [-0.2, -0.15) is 0 Å². The molecule has 0 aromatic heterocycles. The van der Waals surface area contributed by atoms with E-state index in [9.17, 15) is 4.79 Å². The molecule has 1 aromatic rings. The van der Waals surface area contributed by atoms with Crippen molar-refractivity contribution in [1.82, 2.24) is 9.80 Å². The molecule has 6 heteroatoms. The zero-order valence-corrected chi connectivity index (χ0v) is 14.9. The topological polar surface area (TPSA) is 49.6 Å². The van der Waals surface area contributed by atoms with E-state index in [1.165, 1.54) is 5.56 Å². The molecule has 1 fully saturated rings. The molecule has 1 aliphatic heterocycles. The lowest BCUT2D eigenvalue weighted by Crippen LogP contribution is -2.51. The number of carbonyl (C=O) groups excluding carboxylic acids is 1. The maximum atomic E-state index is 12.2. The molecule has 1 heterocycles. The molecule has 4 nitrogen and oxygen atoms in total. The van der Waals surface area contributed by atoms with Gasteiger partial charge < -0.3 is 10.6 Å². The van der Waals surface area contributed by atoms with Crippen LogP contribution in [-0.4, -0.2) is 47.9 Å². The standard InChI is InChI=1S/C16H25N3O.2ClH/c1-13(14(2)17)16(20)19-10-8-18(9-11-19)12-15-6-4-3-5-7-15;;/h3-7,13-14H,8-12,17H2,1-2H3;2*1H. The lowest BCUT2D eigenvalue weighted by atomic mass is 10.0. The first-order chi connectivity index (χ1) is 9.58. The van der Waals surface area contributed by atoms with Gasteiger partial charge in [-0.1, -0.05) is 37.3 Å². The first kappa shape index (κ1) is 21.2. The van der Waals surface area contributed by atoms with E-state index < -0.39 is 0 Å². The Morgan fingerprint density at radius 1 is 1.09 bits per heavy atom. The smallest absolute Gasteiger partial charge is 0.227 e. The fourth-order valence-corrected chi connectivity index (χ4v) is 2.48. The molecule has 22 heavy (non-hydrogen) atoms. The summed E-state index contributed by atoms with van der Waals surface area (Å²) in [4.78, 5) is 16.6. The first-order valence-corrected chi connectivity index (χ1v) is 7.38. The predicted molar refractivity (Wildman–Crippen MR) is 95.6 cm³/mol. The van der Waals surface area contributed by atoms with E-state index in [2.05, 4.69) is 29.2 Å². The van der Waals surface area contributed by atoms with E-state index in [0.29, 0.717) is 0 Å². The van der Waals surface area contributed by atoms with Crippen LogP contribution in [-0.2, 0) is 11.3 Å². The number of nitrogens with zero attached hydrogens (tertiary/aromatic N) is 2. The number of hydrogen-bond acceptors (Lipinski definition) is 3. The molecule has 0 aliphatic carbocycles. The summed E-state index contributed by atoms with van der Waals surface area (Å²) in [5.74, 6) is 0.107. The molecule has 0 bridgehead atoms. The van der Waals surface area contributed by atoms with Gasteiger partial charge in [0.1, 0.15) is 0 Å². The minimum atomic E-state index is -0.0873. The van der Waals surface area contributed by atoms with Crippen LogP contribution in [0.15, 0.2) is 30.3 Å². The third-order valence-corrected chi connectivity index (χ3v) is 4.11. The van der Waals surface area contributed by atoms with E-state index in [1.54, 1.807) is 0 Å². The Morgan fingerprint density at radius 2 is 1.64 bits per heavy atom. The molecule has 1 aliphatic rings. The normalized spacial score (nSPS) is 17.9. The van der Waals surface area contributed by atoms with Gasteiger partial charge >= 0.3 is 0 Å². The number of nitrogens with two attached hydrogens (primary N) is 1. The SMILES string of the molecule is CC(N)C(C)C(=O)N1CCN(Cc2ccccc2)CC1.Cl.Cl. The van der Waals surface area contributed by atoms with Crippen LogP contribution in [0.2, 0.25) is 0 Å². The van der Waals surface area contributed by atoms with E-state index in [4.69, 9.17) is 5.73 Å². The van der Waals surface area contributed by atoms with Crippen molar-refractivity contribution in [2.24, 2.45) is 11.7 Å². The molecule has 2 unspecified atom stereocenters. The van der Waals surface area contributed by atoms with Gasteiger partial charge in [-0.05, 0) is 12.5 Å². The molecule has 1 amide bonds. The summed E-state index contributed by atoms with van der Waals surface area (Å²) in [6.45, 7) is 8.27. The van der Waals surface area contributed by atoms with E-state index in [-0.39, 0.29) is 42.7 Å². The van der Waals surface area contributed by atoms with Crippen molar-refractivity contribution in [2.45, 2.75) is 26.4 Å². The van der Waals surface area contributed by atoms with Crippen LogP contribution in [0.1, 0.15) is 19.4 Å². The maximum Gasteiger partial charge on any atom is 0.227 e.